The molecule has 2 heterocycles. The van der Waals surface area contributed by atoms with E-state index in [0.29, 0.717) is 54.2 Å². The van der Waals surface area contributed by atoms with Crippen LogP contribution in [0.4, 0.5) is 5.69 Å². The normalized spacial score (nSPS) is 19.0. The van der Waals surface area contributed by atoms with Crippen LogP contribution in [0.5, 0.6) is 0 Å². The number of likely N-dealkylation sites (tertiary alicyclic amines) is 1. The molecular weight excluding hydrogens is 398 g/mol. The summed E-state index contributed by atoms with van der Waals surface area (Å²) in [4.78, 5) is 40.7. The van der Waals surface area contributed by atoms with Gasteiger partial charge in [-0.1, -0.05) is 17.7 Å². The van der Waals surface area contributed by atoms with Gasteiger partial charge >= 0.3 is 11.9 Å². The lowest BCUT2D eigenvalue weighted by Crippen LogP contribution is -3.14. The lowest BCUT2D eigenvalue weighted by atomic mass is 9.97. The fraction of sp³-hybridized carbons (Fsp3) is 0.450. The Bertz CT molecular complexity index is 918. The molecule has 0 aliphatic carbocycles. The number of rotatable bonds is 6. The molecule has 0 unspecified atom stereocenters. The Morgan fingerprint density at radius 1 is 1.28 bits per heavy atom. The molecule has 1 aromatic heterocycles. The van der Waals surface area contributed by atoms with Gasteiger partial charge in [-0.25, -0.2) is 4.79 Å². The number of H-pyrrole nitrogens is 1. The summed E-state index contributed by atoms with van der Waals surface area (Å²) in [5.74, 6) is -1.08. The van der Waals surface area contributed by atoms with Crippen LogP contribution >= 0.6 is 11.6 Å². The zero-order chi connectivity index (χ0) is 21.0. The smallest absolute Gasteiger partial charge is 0.356 e. The fourth-order valence-electron chi connectivity index (χ4n) is 3.69. The van der Waals surface area contributed by atoms with Gasteiger partial charge in [0, 0.05) is 23.7 Å². The molecule has 3 N–H and O–H groups in total. The molecule has 1 aromatic carbocycles. The van der Waals surface area contributed by atoms with Gasteiger partial charge in [0.05, 0.1) is 43.4 Å². The van der Waals surface area contributed by atoms with Crippen LogP contribution in [0.15, 0.2) is 18.2 Å². The van der Waals surface area contributed by atoms with Crippen LogP contribution in [0, 0.1) is 5.92 Å². The van der Waals surface area contributed by atoms with Crippen molar-refractivity contribution in [1.29, 1.82) is 0 Å². The van der Waals surface area contributed by atoms with E-state index in [1.807, 2.05) is 0 Å². The van der Waals surface area contributed by atoms with E-state index in [-0.39, 0.29) is 30.0 Å². The Kier molecular flexibility index (Phi) is 6.76. The van der Waals surface area contributed by atoms with Crippen molar-refractivity contribution >= 4 is 46.0 Å². The van der Waals surface area contributed by atoms with Gasteiger partial charge in [0.2, 0.25) is 0 Å². The molecule has 3 rings (SSSR count). The number of halogens is 1. The van der Waals surface area contributed by atoms with Crippen LogP contribution in [0.3, 0.4) is 0 Å². The minimum absolute atomic E-state index is 0.0971. The summed E-state index contributed by atoms with van der Waals surface area (Å²) < 4.78 is 9.90. The van der Waals surface area contributed by atoms with E-state index >= 15 is 0 Å². The first-order chi connectivity index (χ1) is 13.9. The lowest BCUT2D eigenvalue weighted by Gasteiger charge is -2.27. The lowest BCUT2D eigenvalue weighted by molar-refractivity contribution is -0.897. The number of esters is 2. The molecule has 2 aromatic rings. The maximum absolute atomic E-state index is 12.7. The van der Waals surface area contributed by atoms with Gasteiger partial charge in [0.1, 0.15) is 5.69 Å². The molecule has 29 heavy (non-hydrogen) atoms. The van der Waals surface area contributed by atoms with E-state index in [1.54, 1.807) is 25.1 Å². The first kappa shape index (κ1) is 21.1. The predicted molar refractivity (Wildman–Crippen MR) is 108 cm³/mol. The van der Waals surface area contributed by atoms with Crippen LogP contribution in [-0.4, -0.2) is 56.2 Å². The van der Waals surface area contributed by atoms with Crippen molar-refractivity contribution in [2.75, 3.05) is 38.7 Å². The Hall–Kier alpha value is -2.58. The molecule has 156 valence electrons. The summed E-state index contributed by atoms with van der Waals surface area (Å²) in [6.07, 6.45) is 1.38. The van der Waals surface area contributed by atoms with Crippen molar-refractivity contribution in [1.82, 2.24) is 4.98 Å². The van der Waals surface area contributed by atoms with Crippen molar-refractivity contribution in [2.24, 2.45) is 5.92 Å². The number of quaternary nitrogens is 1. The topological polar surface area (TPSA) is 102 Å². The number of anilines is 1. The summed E-state index contributed by atoms with van der Waals surface area (Å²) in [6, 6.07) is 5.22. The highest BCUT2D eigenvalue weighted by atomic mass is 35.5. The zero-order valence-corrected chi connectivity index (χ0v) is 17.2. The Balaban J connectivity index is 1.69. The second-order valence-corrected chi connectivity index (χ2v) is 7.44. The Morgan fingerprint density at radius 3 is 2.66 bits per heavy atom. The number of piperidine rings is 1. The summed E-state index contributed by atoms with van der Waals surface area (Å²) in [6.45, 7) is 3.81. The van der Waals surface area contributed by atoms with E-state index in [1.165, 1.54) is 7.11 Å². The number of nitrogens with one attached hydrogen (secondary N) is 3. The van der Waals surface area contributed by atoms with E-state index in [9.17, 15) is 14.4 Å². The molecular formula is C20H25ClN3O5+. The van der Waals surface area contributed by atoms with Gasteiger partial charge < -0.3 is 24.7 Å². The molecule has 1 amide bonds. The molecule has 1 fully saturated rings. The number of fused-ring (bicyclic) bond motifs is 1. The van der Waals surface area contributed by atoms with Crippen LogP contribution in [0.1, 0.15) is 30.3 Å². The summed E-state index contributed by atoms with van der Waals surface area (Å²) >= 11 is 6.30. The number of carbonyl (C=O) groups is 3. The number of hydrogen-bond donors (Lipinski definition) is 3. The highest BCUT2D eigenvalue weighted by molar-refractivity contribution is 6.37. The molecule has 1 saturated heterocycles. The number of benzene rings is 1. The number of hydrogen-bond acceptors (Lipinski definition) is 5. The SMILES string of the molecule is CCOC(=O)C1CC[NH+](CC(=O)Nc2c(C(=O)OC)[nH]c3cccc(Cl)c23)CC1. The summed E-state index contributed by atoms with van der Waals surface area (Å²) in [5, 5.41) is 3.81. The first-order valence-corrected chi connectivity index (χ1v) is 10.0. The molecule has 0 spiro atoms. The molecule has 1 aliphatic rings. The summed E-state index contributed by atoms with van der Waals surface area (Å²) in [7, 11) is 1.28. The quantitative estimate of drug-likeness (QED) is 0.611. The minimum atomic E-state index is -0.588. The van der Waals surface area contributed by atoms with Crippen molar-refractivity contribution in [3.8, 4) is 0 Å². The van der Waals surface area contributed by atoms with Crippen molar-refractivity contribution < 1.29 is 28.8 Å². The van der Waals surface area contributed by atoms with Crippen molar-refractivity contribution in [3.05, 3.63) is 28.9 Å². The van der Waals surface area contributed by atoms with Gasteiger partial charge in [-0.05, 0) is 19.1 Å². The minimum Gasteiger partial charge on any atom is -0.466 e. The molecule has 0 saturated carbocycles. The third kappa shape index (κ3) is 4.71. The highest BCUT2D eigenvalue weighted by Crippen LogP contribution is 2.33. The largest absolute Gasteiger partial charge is 0.466 e. The molecule has 0 atom stereocenters. The molecule has 0 bridgehead atoms. The average molecular weight is 423 g/mol. The average Bonchev–Trinajstić information content (AvgIpc) is 3.07. The molecule has 1 aliphatic heterocycles. The number of aromatic amines is 1. The maximum Gasteiger partial charge on any atom is 0.356 e. The second kappa shape index (κ2) is 9.28. The third-order valence-electron chi connectivity index (χ3n) is 5.15. The predicted octanol–water partition coefficient (Wildman–Crippen LogP) is 1.40. The Morgan fingerprint density at radius 2 is 2.00 bits per heavy atom. The monoisotopic (exact) mass is 422 g/mol. The van der Waals surface area contributed by atoms with E-state index in [4.69, 9.17) is 21.1 Å². The first-order valence-electron chi connectivity index (χ1n) is 9.63. The van der Waals surface area contributed by atoms with Crippen molar-refractivity contribution in [2.45, 2.75) is 19.8 Å². The third-order valence-corrected chi connectivity index (χ3v) is 5.47. The van der Waals surface area contributed by atoms with Crippen LogP contribution in [-0.2, 0) is 19.1 Å². The van der Waals surface area contributed by atoms with Crippen LogP contribution in [0.25, 0.3) is 10.9 Å². The van der Waals surface area contributed by atoms with Gasteiger partial charge in [-0.2, -0.15) is 0 Å². The van der Waals surface area contributed by atoms with E-state index in [0.717, 1.165) is 4.90 Å². The van der Waals surface area contributed by atoms with Gasteiger partial charge in [-0.3, -0.25) is 9.59 Å². The van der Waals surface area contributed by atoms with Gasteiger partial charge in [-0.15, -0.1) is 0 Å². The summed E-state index contributed by atoms with van der Waals surface area (Å²) in [5.41, 5.74) is 1.11. The van der Waals surface area contributed by atoms with Gasteiger partial charge in [0.25, 0.3) is 5.91 Å². The van der Waals surface area contributed by atoms with Crippen molar-refractivity contribution in [3.63, 3.8) is 0 Å². The standard InChI is InChI=1S/C20H24ClN3O5/c1-3-29-19(26)12-7-9-24(10-8-12)11-15(25)23-17-16-13(21)5-4-6-14(16)22-18(17)20(27)28-2/h4-6,12,22H,3,7-11H2,1-2H3,(H,23,25)/p+1. The van der Waals surface area contributed by atoms with Crippen LogP contribution in [0.2, 0.25) is 5.02 Å². The number of carbonyl (C=O) groups excluding carboxylic acids is 3. The second-order valence-electron chi connectivity index (χ2n) is 7.03. The van der Waals surface area contributed by atoms with Crippen LogP contribution < -0.4 is 10.2 Å². The van der Waals surface area contributed by atoms with E-state index < -0.39 is 5.97 Å². The number of aromatic nitrogens is 1. The molecule has 8 nitrogen and oxygen atoms in total. The highest BCUT2D eigenvalue weighted by Gasteiger charge is 2.30. The van der Waals surface area contributed by atoms with E-state index in [2.05, 4.69) is 10.3 Å². The molecule has 9 heteroatoms. The maximum atomic E-state index is 12.7. The number of methoxy groups -OCH3 is 1. The van der Waals surface area contributed by atoms with Gasteiger partial charge in [0.15, 0.2) is 6.54 Å². The number of ether oxygens (including phenoxy) is 2. The Labute approximate surface area is 173 Å². The number of amides is 1. The fourth-order valence-corrected chi connectivity index (χ4v) is 3.96. The molecule has 0 radical (unpaired) electrons. The zero-order valence-electron chi connectivity index (χ0n) is 16.5.